The number of benzene rings is 2. The van der Waals surface area contributed by atoms with Crippen molar-refractivity contribution in [2.24, 2.45) is 0 Å². The van der Waals surface area contributed by atoms with Gasteiger partial charge in [0.05, 0.1) is 28.4 Å². The predicted molar refractivity (Wildman–Crippen MR) is 172 cm³/mol. The monoisotopic (exact) mass is 665 g/mol. The van der Waals surface area contributed by atoms with E-state index in [1.54, 1.807) is 18.0 Å². The summed E-state index contributed by atoms with van der Waals surface area (Å²) in [5.41, 5.74) is 5.69. The van der Waals surface area contributed by atoms with E-state index >= 15 is 8.78 Å². The van der Waals surface area contributed by atoms with E-state index in [1.165, 1.54) is 23.1 Å². The van der Waals surface area contributed by atoms with Crippen molar-refractivity contribution in [3.8, 4) is 23.2 Å². The number of thiophene rings is 1. The lowest BCUT2D eigenvalue weighted by Gasteiger charge is -2.31. The zero-order chi connectivity index (χ0) is 33.2. The van der Waals surface area contributed by atoms with Gasteiger partial charge in [0.1, 0.15) is 47.2 Å². The summed E-state index contributed by atoms with van der Waals surface area (Å²) in [6, 6.07) is 6.65. The number of nitrogens with zero attached hydrogens (tertiary/aromatic N) is 6. The molecule has 0 aliphatic carbocycles. The van der Waals surface area contributed by atoms with Gasteiger partial charge in [-0.25, -0.2) is 17.6 Å². The summed E-state index contributed by atoms with van der Waals surface area (Å²) in [5.74, 6) is -1.61. The Morgan fingerprint density at radius 1 is 1.23 bits per heavy atom. The molecule has 0 radical (unpaired) electrons. The molecule has 14 heteroatoms. The fourth-order valence-electron chi connectivity index (χ4n) is 7.42. The van der Waals surface area contributed by atoms with Crippen molar-refractivity contribution in [1.82, 2.24) is 19.8 Å². The van der Waals surface area contributed by atoms with Crippen LogP contribution in [0.1, 0.15) is 24.8 Å². The Balaban J connectivity index is 1.35. The first kappa shape index (κ1) is 31.1. The largest absolute Gasteiger partial charge is 0.461 e. The minimum atomic E-state index is -1.44. The smallest absolute Gasteiger partial charge is 0.319 e. The van der Waals surface area contributed by atoms with Crippen LogP contribution in [0.15, 0.2) is 36.9 Å². The van der Waals surface area contributed by atoms with Gasteiger partial charge in [-0.15, -0.1) is 11.3 Å². The van der Waals surface area contributed by atoms with Gasteiger partial charge >= 0.3 is 6.01 Å². The molecule has 3 fully saturated rings. The van der Waals surface area contributed by atoms with Crippen LogP contribution in [-0.4, -0.2) is 89.4 Å². The number of hydrogen-bond acceptors (Lipinski definition) is 9. The maximum atomic E-state index is 16.8. The van der Waals surface area contributed by atoms with Crippen LogP contribution in [0.4, 0.5) is 28.4 Å². The SMILES string of the molecule is C=CC(=O)N1C[C@@H](F)[C@@H](N(C)c2nc(OC[C@@]34CCCN3C[C@H](F)C4)nc3c(F)c(-c4ccc(F)c5sc(N)c(C#N)c45)ccc23)C1. The van der Waals surface area contributed by atoms with Crippen LogP contribution in [0.2, 0.25) is 0 Å². The number of likely N-dealkylation sites (N-methyl/N-ethyl adjacent to an activating group) is 1. The summed E-state index contributed by atoms with van der Waals surface area (Å²) in [6.07, 6.45) is 0.631. The number of nitrogen functional groups attached to an aromatic ring is 1. The number of nitriles is 1. The van der Waals surface area contributed by atoms with Crippen LogP contribution in [-0.2, 0) is 4.79 Å². The van der Waals surface area contributed by atoms with Gasteiger partial charge in [-0.2, -0.15) is 15.2 Å². The van der Waals surface area contributed by atoms with Crippen LogP contribution in [0.5, 0.6) is 6.01 Å². The predicted octanol–water partition coefficient (Wildman–Crippen LogP) is 5.37. The summed E-state index contributed by atoms with van der Waals surface area (Å²) < 4.78 is 67.7. The molecule has 0 bridgehead atoms. The van der Waals surface area contributed by atoms with Crippen molar-refractivity contribution in [3.63, 3.8) is 0 Å². The molecule has 4 atom stereocenters. The quantitative estimate of drug-likeness (QED) is 0.207. The molecule has 0 unspecified atom stereocenters. The van der Waals surface area contributed by atoms with Crippen LogP contribution in [0, 0.1) is 23.0 Å². The van der Waals surface area contributed by atoms with E-state index in [-0.39, 0.29) is 74.2 Å². The minimum absolute atomic E-state index is 0.0404. The molecule has 47 heavy (non-hydrogen) atoms. The van der Waals surface area contributed by atoms with E-state index < -0.39 is 41.5 Å². The number of halogens is 4. The summed E-state index contributed by atoms with van der Waals surface area (Å²) in [4.78, 5) is 26.3. The Morgan fingerprint density at radius 3 is 2.79 bits per heavy atom. The van der Waals surface area contributed by atoms with E-state index in [2.05, 4.69) is 21.4 Å². The van der Waals surface area contributed by atoms with Gasteiger partial charge in [-0.05, 0) is 43.2 Å². The number of carbonyl (C=O) groups excluding carboxylic acids is 1. The summed E-state index contributed by atoms with van der Waals surface area (Å²) in [6.45, 7) is 4.54. The summed E-state index contributed by atoms with van der Waals surface area (Å²) >= 11 is 0.906. The lowest BCUT2D eigenvalue weighted by Crippen LogP contribution is -2.43. The molecule has 4 aromatic rings. The highest BCUT2D eigenvalue weighted by Gasteiger charge is 2.49. The third-order valence-electron chi connectivity index (χ3n) is 9.75. The Bertz CT molecular complexity index is 1980. The van der Waals surface area contributed by atoms with Gasteiger partial charge in [0.25, 0.3) is 0 Å². The van der Waals surface area contributed by atoms with E-state index in [0.29, 0.717) is 13.0 Å². The van der Waals surface area contributed by atoms with Crippen molar-refractivity contribution >= 4 is 49.1 Å². The standard InChI is InChI=1S/C33H31F4N7O2S/c1-3-25(45)43-14-23(36)24(15-43)42(2)31-20-6-5-19(18-7-8-22(35)29-26(18)21(12-38)30(39)47-29)27(37)28(20)40-32(41-31)46-16-33-9-4-10-44(33)13-17(34)11-33/h3,5-8,17,23-24H,1,4,9-11,13-16,39H2,2H3/t17-,23-,24+,33+/m1/s1. The average molecular weight is 666 g/mol. The summed E-state index contributed by atoms with van der Waals surface area (Å²) in [7, 11) is 1.61. The van der Waals surface area contributed by atoms with Gasteiger partial charge in [0.15, 0.2) is 5.82 Å². The van der Waals surface area contributed by atoms with E-state index in [9.17, 15) is 18.8 Å². The number of amides is 1. The number of carbonyl (C=O) groups is 1. The van der Waals surface area contributed by atoms with Crippen LogP contribution in [0.3, 0.4) is 0 Å². The molecule has 0 spiro atoms. The molecule has 1 amide bonds. The fourth-order valence-corrected chi connectivity index (χ4v) is 8.37. The number of likely N-dealkylation sites (tertiary alicyclic amines) is 1. The number of alkyl halides is 2. The Hall–Kier alpha value is -4.48. The number of aromatic nitrogens is 2. The number of rotatable bonds is 7. The molecule has 2 aromatic heterocycles. The van der Waals surface area contributed by atoms with Gasteiger partial charge in [-0.1, -0.05) is 18.7 Å². The van der Waals surface area contributed by atoms with E-state index in [0.717, 1.165) is 36.8 Å². The molecule has 0 saturated carbocycles. The lowest BCUT2D eigenvalue weighted by atomic mass is 9.95. The molecule has 2 aromatic carbocycles. The number of fused-ring (bicyclic) bond motifs is 3. The molecule has 5 heterocycles. The van der Waals surface area contributed by atoms with Crippen molar-refractivity contribution in [1.29, 1.82) is 5.26 Å². The topological polar surface area (TPSA) is 112 Å². The first-order valence-electron chi connectivity index (χ1n) is 15.3. The van der Waals surface area contributed by atoms with Crippen LogP contribution >= 0.6 is 11.3 Å². The van der Waals surface area contributed by atoms with E-state index in [1.807, 2.05) is 6.07 Å². The highest BCUT2D eigenvalue weighted by Crippen LogP contribution is 2.44. The first-order valence-corrected chi connectivity index (χ1v) is 16.1. The van der Waals surface area contributed by atoms with Crippen molar-refractivity contribution < 1.29 is 27.1 Å². The Labute approximate surface area is 271 Å². The molecule has 3 aliphatic rings. The number of hydrogen-bond donors (Lipinski definition) is 1. The highest BCUT2D eigenvalue weighted by molar-refractivity contribution is 7.23. The normalized spacial score (nSPS) is 24.2. The minimum Gasteiger partial charge on any atom is -0.461 e. The second-order valence-corrected chi connectivity index (χ2v) is 13.5. The number of ether oxygens (including phenoxy) is 1. The van der Waals surface area contributed by atoms with Gasteiger partial charge < -0.3 is 20.3 Å². The van der Waals surface area contributed by atoms with Gasteiger partial charge in [0, 0.05) is 42.9 Å². The molecule has 2 N–H and O–H groups in total. The highest BCUT2D eigenvalue weighted by atomic mass is 32.1. The molecule has 7 rings (SSSR count). The van der Waals surface area contributed by atoms with E-state index in [4.69, 9.17) is 10.5 Å². The second kappa shape index (κ2) is 11.6. The average Bonchev–Trinajstić information content (AvgIpc) is 3.80. The molecule has 9 nitrogen and oxygen atoms in total. The number of anilines is 2. The molecule has 3 aliphatic heterocycles. The maximum absolute atomic E-state index is 16.8. The number of nitrogens with two attached hydrogens (primary N) is 1. The second-order valence-electron chi connectivity index (χ2n) is 12.4. The third kappa shape index (κ3) is 5.03. The molecular weight excluding hydrogens is 634 g/mol. The van der Waals surface area contributed by atoms with Crippen molar-refractivity contribution in [2.45, 2.75) is 43.2 Å². The zero-order valence-corrected chi connectivity index (χ0v) is 26.3. The lowest BCUT2D eigenvalue weighted by molar-refractivity contribution is -0.125. The maximum Gasteiger partial charge on any atom is 0.319 e. The van der Waals surface area contributed by atoms with Gasteiger partial charge in [-0.3, -0.25) is 9.69 Å². The zero-order valence-electron chi connectivity index (χ0n) is 25.5. The molecular formula is C33H31F4N7O2S. The molecule has 3 saturated heterocycles. The molecule has 244 valence electrons. The third-order valence-corrected chi connectivity index (χ3v) is 10.8. The van der Waals surface area contributed by atoms with Gasteiger partial charge in [0.2, 0.25) is 5.91 Å². The van der Waals surface area contributed by atoms with Crippen LogP contribution < -0.4 is 15.4 Å². The van der Waals surface area contributed by atoms with Crippen molar-refractivity contribution in [3.05, 3.63) is 54.1 Å². The fraction of sp³-hybridized carbons (Fsp3) is 0.394. The van der Waals surface area contributed by atoms with Crippen molar-refractivity contribution in [2.75, 3.05) is 50.5 Å². The summed E-state index contributed by atoms with van der Waals surface area (Å²) in [5, 5.41) is 10.3. The van der Waals surface area contributed by atoms with Crippen LogP contribution in [0.25, 0.3) is 32.1 Å². The first-order chi connectivity index (χ1) is 22.5. The Morgan fingerprint density at radius 2 is 2.02 bits per heavy atom. The Kier molecular flexibility index (Phi) is 7.71.